The van der Waals surface area contributed by atoms with Crippen LogP contribution in [0.1, 0.15) is 94.2 Å². The maximum absolute atomic E-state index is 7.35. The minimum atomic E-state index is -2.27. The lowest BCUT2D eigenvalue weighted by molar-refractivity contribution is -0.0470. The van der Waals surface area contributed by atoms with E-state index in [0.717, 1.165) is 29.8 Å². The zero-order valence-electron chi connectivity index (χ0n) is 31.0. The summed E-state index contributed by atoms with van der Waals surface area (Å²) in [5, 5.41) is 3.76. The van der Waals surface area contributed by atoms with Gasteiger partial charge in [0.2, 0.25) is 0 Å². The summed E-state index contributed by atoms with van der Waals surface area (Å²) in [6.45, 7) is 34.9. The van der Waals surface area contributed by atoms with Crippen molar-refractivity contribution >= 4 is 41.9 Å². The zero-order valence-corrected chi connectivity index (χ0v) is 34.0. The third-order valence-corrected chi connectivity index (χ3v) is 25.0. The molecule has 0 aromatic carbocycles. The van der Waals surface area contributed by atoms with Crippen molar-refractivity contribution in [2.45, 2.75) is 173 Å². The summed E-state index contributed by atoms with van der Waals surface area (Å²) in [7, 11) is -6.56. The third-order valence-electron chi connectivity index (χ3n) is 11.5. The largest absolute Gasteiger partial charge is 0.414 e. The Morgan fingerprint density at radius 2 is 1.31 bits per heavy atom. The number of aromatic nitrogens is 4. The van der Waals surface area contributed by atoms with E-state index in [4.69, 9.17) is 28.0 Å². The first-order valence-corrected chi connectivity index (χ1v) is 25.8. The fraction of sp³-hybridized carbons (Fsp3) is 0.848. The van der Waals surface area contributed by atoms with Crippen molar-refractivity contribution in [2.24, 2.45) is 0 Å². The van der Waals surface area contributed by atoms with Crippen LogP contribution in [0, 0.1) is 0 Å². The van der Waals surface area contributed by atoms with E-state index in [-0.39, 0.29) is 33.4 Å². The van der Waals surface area contributed by atoms with Crippen LogP contribution in [0.4, 0.5) is 5.82 Å². The molecule has 2 fully saturated rings. The maximum Gasteiger partial charge on any atom is 0.192 e. The van der Waals surface area contributed by atoms with Gasteiger partial charge in [0.05, 0.1) is 12.9 Å². The minimum Gasteiger partial charge on any atom is -0.414 e. The van der Waals surface area contributed by atoms with Gasteiger partial charge < -0.3 is 23.3 Å². The number of fused-ring (bicyclic) bond motifs is 1. The van der Waals surface area contributed by atoms with Crippen LogP contribution in [0.25, 0.3) is 11.2 Å². The molecule has 4 rings (SSSR count). The highest BCUT2D eigenvalue weighted by atomic mass is 28.4. The van der Waals surface area contributed by atoms with Gasteiger partial charge in [0, 0.05) is 6.04 Å². The van der Waals surface area contributed by atoms with Crippen molar-refractivity contribution in [3.8, 4) is 0 Å². The molecule has 0 radical (unpaired) electrons. The van der Waals surface area contributed by atoms with Crippen LogP contribution in [0.2, 0.25) is 54.4 Å². The van der Waals surface area contributed by atoms with Crippen LogP contribution >= 0.6 is 0 Å². The normalized spacial score (nSPS) is 24.6. The Morgan fingerprint density at radius 3 is 1.84 bits per heavy atom. The molecule has 4 atom stereocenters. The monoisotopic (exact) mass is 677 g/mol. The van der Waals surface area contributed by atoms with E-state index in [1.165, 1.54) is 12.8 Å². The average Bonchev–Trinajstić information content (AvgIpc) is 3.61. The Balaban J connectivity index is 1.80. The molecule has 0 bridgehead atoms. The molecule has 9 nitrogen and oxygen atoms in total. The highest BCUT2D eigenvalue weighted by Gasteiger charge is 2.55. The van der Waals surface area contributed by atoms with Gasteiger partial charge in [0.25, 0.3) is 0 Å². The van der Waals surface area contributed by atoms with Gasteiger partial charge in [-0.25, -0.2) is 15.0 Å². The molecule has 2 aliphatic rings. The van der Waals surface area contributed by atoms with Crippen molar-refractivity contribution < 1.29 is 18.0 Å². The van der Waals surface area contributed by atoms with Gasteiger partial charge in [-0.05, 0) is 67.2 Å². The van der Waals surface area contributed by atoms with Gasteiger partial charge in [0.15, 0.2) is 48.2 Å². The number of nitrogens with one attached hydrogen (secondary N) is 1. The lowest BCUT2D eigenvalue weighted by atomic mass is 10.1. The Hall–Kier alpha value is -1.16. The highest BCUT2D eigenvalue weighted by molar-refractivity contribution is 6.75. The molecule has 2 aromatic rings. The molecule has 3 heterocycles. The summed E-state index contributed by atoms with van der Waals surface area (Å²) in [4.78, 5) is 14.2. The number of hydrogen-bond acceptors (Lipinski definition) is 8. The molecule has 2 aromatic heterocycles. The Labute approximate surface area is 276 Å². The molecule has 1 saturated carbocycles. The van der Waals surface area contributed by atoms with Gasteiger partial charge in [-0.15, -0.1) is 0 Å². The number of ether oxygens (including phenoxy) is 1. The summed E-state index contributed by atoms with van der Waals surface area (Å²) < 4.78 is 30.6. The second-order valence-electron chi connectivity index (χ2n) is 18.0. The van der Waals surface area contributed by atoms with Gasteiger partial charge in [-0.3, -0.25) is 4.57 Å². The quantitative estimate of drug-likeness (QED) is 0.249. The van der Waals surface area contributed by atoms with E-state index in [1.807, 2.05) is 6.33 Å². The molecule has 1 saturated heterocycles. The first kappa shape index (κ1) is 36.7. The molecule has 1 aliphatic heterocycles. The van der Waals surface area contributed by atoms with Crippen LogP contribution in [-0.2, 0) is 18.0 Å². The van der Waals surface area contributed by atoms with Gasteiger partial charge in [-0.1, -0.05) is 75.2 Å². The van der Waals surface area contributed by atoms with E-state index in [0.29, 0.717) is 12.6 Å². The lowest BCUT2D eigenvalue weighted by Crippen LogP contribution is -2.54. The molecule has 0 spiro atoms. The van der Waals surface area contributed by atoms with Crippen LogP contribution in [0.5, 0.6) is 0 Å². The number of imidazole rings is 1. The second-order valence-corrected chi connectivity index (χ2v) is 32.3. The second kappa shape index (κ2) is 12.7. The predicted molar refractivity (Wildman–Crippen MR) is 192 cm³/mol. The molecular weight excluding hydrogens is 615 g/mol. The topological polar surface area (TPSA) is 92.6 Å². The molecule has 0 amide bonds. The number of hydrogen-bond donors (Lipinski definition) is 1. The smallest absolute Gasteiger partial charge is 0.192 e. The van der Waals surface area contributed by atoms with Crippen LogP contribution in [-0.4, -0.2) is 75.4 Å². The Bertz CT molecular complexity index is 1310. The van der Waals surface area contributed by atoms with Crippen molar-refractivity contribution in [1.29, 1.82) is 0 Å². The molecule has 12 heteroatoms. The lowest BCUT2D eigenvalue weighted by Gasteiger charge is -2.44. The van der Waals surface area contributed by atoms with E-state index in [1.54, 1.807) is 6.33 Å². The van der Waals surface area contributed by atoms with Crippen molar-refractivity contribution in [3.05, 3.63) is 12.7 Å². The summed E-state index contributed by atoms with van der Waals surface area (Å²) >= 11 is 0. The minimum absolute atomic E-state index is 0.00630. The number of nitrogens with zero attached hydrogens (tertiary/aromatic N) is 4. The Morgan fingerprint density at radius 1 is 0.778 bits per heavy atom. The standard InChI is InChI=1S/C33H63N5O4Si3/c1-31(2,3)43(10,11)39-20-24-26(41-44(12,13)32(4,5)6)27(42-45(14,15)33(7,8)9)30(40-24)38-22-36-25-28(34-21-35-29(25)38)37-23-18-16-17-19-23/h21-24,26-27,30H,16-20H2,1-15H3,(H,34,35,37)/t24-,26?,27?,30-/m1/s1. The van der Waals surface area contributed by atoms with Gasteiger partial charge in [0.1, 0.15) is 24.6 Å². The van der Waals surface area contributed by atoms with Crippen LogP contribution in [0.15, 0.2) is 12.7 Å². The van der Waals surface area contributed by atoms with E-state index in [9.17, 15) is 0 Å². The predicted octanol–water partition coefficient (Wildman–Crippen LogP) is 8.88. The van der Waals surface area contributed by atoms with E-state index in [2.05, 4.69) is 116 Å². The SMILES string of the molecule is CC(C)(C)[Si](C)(C)OC[C@H]1O[C@@H](n2cnc3c(NC4CCCC4)ncnc32)C(O[Si](C)(C)C(C)(C)C)C1O[Si](C)(C)C(C)(C)C. The third kappa shape index (κ3) is 7.78. The van der Waals surface area contributed by atoms with Crippen molar-refractivity contribution in [1.82, 2.24) is 19.5 Å². The molecule has 45 heavy (non-hydrogen) atoms. The summed E-state index contributed by atoms with van der Waals surface area (Å²) in [6, 6.07) is 0.421. The van der Waals surface area contributed by atoms with Gasteiger partial charge >= 0.3 is 0 Å². The van der Waals surface area contributed by atoms with Crippen molar-refractivity contribution in [2.75, 3.05) is 11.9 Å². The fourth-order valence-corrected chi connectivity index (χ4v) is 8.90. The molecule has 2 unspecified atom stereocenters. The summed E-state index contributed by atoms with van der Waals surface area (Å²) in [6.07, 6.45) is 6.87. The van der Waals surface area contributed by atoms with E-state index < -0.39 is 31.2 Å². The highest BCUT2D eigenvalue weighted by Crippen LogP contribution is 2.47. The summed E-state index contributed by atoms with van der Waals surface area (Å²) in [5.74, 6) is 0.789. The van der Waals surface area contributed by atoms with Crippen LogP contribution in [0.3, 0.4) is 0 Å². The number of anilines is 1. The summed E-state index contributed by atoms with van der Waals surface area (Å²) in [5.41, 5.74) is 1.51. The fourth-order valence-electron chi connectivity index (χ4n) is 5.28. The molecule has 1 N–H and O–H groups in total. The van der Waals surface area contributed by atoms with Gasteiger partial charge in [-0.2, -0.15) is 0 Å². The number of rotatable bonds is 10. The van der Waals surface area contributed by atoms with Crippen LogP contribution < -0.4 is 5.32 Å². The average molecular weight is 678 g/mol. The zero-order chi connectivity index (χ0) is 33.8. The first-order chi connectivity index (χ1) is 20.5. The Kier molecular flexibility index (Phi) is 10.4. The molecular formula is C33H63N5O4Si3. The maximum atomic E-state index is 7.35. The first-order valence-electron chi connectivity index (χ1n) is 17.0. The van der Waals surface area contributed by atoms with Crippen molar-refractivity contribution in [3.63, 3.8) is 0 Å². The molecule has 1 aliphatic carbocycles. The van der Waals surface area contributed by atoms with E-state index >= 15 is 0 Å². The molecule has 256 valence electrons.